The van der Waals surface area contributed by atoms with E-state index in [0.717, 1.165) is 16.7 Å². The molecule has 0 atom stereocenters. The highest BCUT2D eigenvalue weighted by Crippen LogP contribution is 2.26. The number of carbonyl (C=O) groups is 1. The molecule has 0 aromatic heterocycles. The summed E-state index contributed by atoms with van der Waals surface area (Å²) in [6.07, 6.45) is 0. The predicted octanol–water partition coefficient (Wildman–Crippen LogP) is 3.99. The van der Waals surface area contributed by atoms with E-state index in [2.05, 4.69) is 0 Å². The molecule has 2 aromatic carbocycles. The molecule has 3 heteroatoms. The van der Waals surface area contributed by atoms with E-state index in [1.165, 1.54) is 25.3 Å². The molecule has 0 aliphatic carbocycles. The van der Waals surface area contributed by atoms with Crippen LogP contribution in [0, 0.1) is 26.6 Å². The molecule has 104 valence electrons. The number of benzene rings is 2. The van der Waals surface area contributed by atoms with Crippen LogP contribution < -0.4 is 4.74 Å². The number of hydrogen-bond donors (Lipinski definition) is 0. The Labute approximate surface area is 118 Å². The Balaban J connectivity index is 2.60. The molecular weight excluding hydrogens is 255 g/mol. The highest BCUT2D eigenvalue weighted by Gasteiger charge is 2.19. The van der Waals surface area contributed by atoms with Crippen molar-refractivity contribution in [1.29, 1.82) is 0 Å². The Hall–Kier alpha value is -2.16. The summed E-state index contributed by atoms with van der Waals surface area (Å²) in [5.74, 6) is -0.274. The third-order valence-corrected chi connectivity index (χ3v) is 3.31. The van der Waals surface area contributed by atoms with Crippen molar-refractivity contribution in [2.45, 2.75) is 20.8 Å². The number of rotatable bonds is 3. The maximum atomic E-state index is 13.4. The van der Waals surface area contributed by atoms with Crippen LogP contribution in [0.25, 0.3) is 0 Å². The van der Waals surface area contributed by atoms with Crippen molar-refractivity contribution >= 4 is 5.78 Å². The lowest BCUT2D eigenvalue weighted by molar-refractivity contribution is 0.103. The van der Waals surface area contributed by atoms with Gasteiger partial charge in [-0.15, -0.1) is 0 Å². The van der Waals surface area contributed by atoms with Crippen molar-refractivity contribution in [3.8, 4) is 5.75 Å². The zero-order chi connectivity index (χ0) is 14.9. The Kier molecular flexibility index (Phi) is 3.89. The molecule has 2 aromatic rings. The van der Waals surface area contributed by atoms with Crippen LogP contribution in [0.15, 0.2) is 30.3 Å². The van der Waals surface area contributed by atoms with Crippen LogP contribution in [-0.2, 0) is 0 Å². The fourth-order valence-electron chi connectivity index (χ4n) is 2.53. The maximum absolute atomic E-state index is 13.4. The van der Waals surface area contributed by atoms with Crippen LogP contribution in [0.4, 0.5) is 4.39 Å². The molecule has 0 aliphatic heterocycles. The molecular formula is C17H17FO2. The van der Waals surface area contributed by atoms with Gasteiger partial charge in [-0.2, -0.15) is 0 Å². The first-order valence-corrected chi connectivity index (χ1v) is 6.40. The van der Waals surface area contributed by atoms with Crippen LogP contribution in [0.5, 0.6) is 5.75 Å². The second-order valence-electron chi connectivity index (χ2n) is 4.95. The highest BCUT2D eigenvalue weighted by atomic mass is 19.1. The Morgan fingerprint density at radius 1 is 1.05 bits per heavy atom. The standard InChI is InChI=1S/C17H17FO2/c1-10-7-11(2)16(12(3)8-10)17(19)14-9-13(18)5-6-15(14)20-4/h5-9H,1-4H3. The van der Waals surface area contributed by atoms with E-state index in [1.807, 2.05) is 32.9 Å². The van der Waals surface area contributed by atoms with Crippen molar-refractivity contribution in [1.82, 2.24) is 0 Å². The second kappa shape index (κ2) is 5.45. The van der Waals surface area contributed by atoms with Crippen molar-refractivity contribution in [3.63, 3.8) is 0 Å². The van der Waals surface area contributed by atoms with E-state index < -0.39 is 5.82 Å². The number of carbonyl (C=O) groups excluding carboxylic acids is 1. The van der Waals surface area contributed by atoms with Gasteiger partial charge in [0.1, 0.15) is 11.6 Å². The monoisotopic (exact) mass is 272 g/mol. The number of halogens is 1. The molecule has 20 heavy (non-hydrogen) atoms. The topological polar surface area (TPSA) is 26.3 Å². The molecule has 0 aliphatic rings. The molecule has 2 nitrogen and oxygen atoms in total. The fraction of sp³-hybridized carbons (Fsp3) is 0.235. The average molecular weight is 272 g/mol. The van der Waals surface area contributed by atoms with Gasteiger partial charge < -0.3 is 4.74 Å². The first-order chi connectivity index (χ1) is 9.43. The molecule has 0 saturated heterocycles. The number of hydrogen-bond acceptors (Lipinski definition) is 2. The summed E-state index contributed by atoms with van der Waals surface area (Å²) < 4.78 is 18.6. The van der Waals surface area contributed by atoms with Gasteiger partial charge in [0.2, 0.25) is 0 Å². The van der Waals surface area contributed by atoms with Gasteiger partial charge in [0.15, 0.2) is 5.78 Å². The number of methoxy groups -OCH3 is 1. The quantitative estimate of drug-likeness (QED) is 0.790. The van der Waals surface area contributed by atoms with Gasteiger partial charge in [0.05, 0.1) is 12.7 Å². The summed E-state index contributed by atoms with van der Waals surface area (Å²) in [6, 6.07) is 7.88. The third-order valence-electron chi connectivity index (χ3n) is 3.31. The van der Waals surface area contributed by atoms with Gasteiger partial charge in [0, 0.05) is 5.56 Å². The summed E-state index contributed by atoms with van der Waals surface area (Å²) in [6.45, 7) is 5.76. The Morgan fingerprint density at radius 3 is 2.20 bits per heavy atom. The van der Waals surface area contributed by atoms with Crippen LogP contribution in [0.1, 0.15) is 32.6 Å². The van der Waals surface area contributed by atoms with E-state index in [9.17, 15) is 9.18 Å². The smallest absolute Gasteiger partial charge is 0.197 e. The van der Waals surface area contributed by atoms with Crippen LogP contribution >= 0.6 is 0 Å². The molecule has 0 radical (unpaired) electrons. The predicted molar refractivity (Wildman–Crippen MR) is 77.0 cm³/mol. The average Bonchev–Trinajstić information content (AvgIpc) is 2.37. The number of aryl methyl sites for hydroxylation is 3. The van der Waals surface area contributed by atoms with E-state index >= 15 is 0 Å². The summed E-state index contributed by atoms with van der Waals surface area (Å²) in [5.41, 5.74) is 3.74. The molecule has 0 N–H and O–H groups in total. The van der Waals surface area contributed by atoms with Gasteiger partial charge in [-0.3, -0.25) is 4.79 Å². The lowest BCUT2D eigenvalue weighted by atomic mass is 9.93. The summed E-state index contributed by atoms with van der Waals surface area (Å²) in [7, 11) is 1.47. The molecule has 0 fully saturated rings. The van der Waals surface area contributed by atoms with Crippen LogP contribution in [-0.4, -0.2) is 12.9 Å². The lowest BCUT2D eigenvalue weighted by Crippen LogP contribution is -2.09. The largest absolute Gasteiger partial charge is 0.496 e. The fourth-order valence-corrected chi connectivity index (χ4v) is 2.53. The second-order valence-corrected chi connectivity index (χ2v) is 4.95. The molecule has 2 rings (SSSR count). The minimum atomic E-state index is -0.448. The maximum Gasteiger partial charge on any atom is 0.197 e. The van der Waals surface area contributed by atoms with E-state index in [-0.39, 0.29) is 11.3 Å². The van der Waals surface area contributed by atoms with Crippen molar-refractivity contribution in [3.05, 3.63) is 64.0 Å². The minimum Gasteiger partial charge on any atom is -0.496 e. The summed E-state index contributed by atoms with van der Waals surface area (Å²) >= 11 is 0. The van der Waals surface area contributed by atoms with E-state index in [1.54, 1.807) is 0 Å². The summed E-state index contributed by atoms with van der Waals surface area (Å²) in [5, 5.41) is 0. The van der Waals surface area contributed by atoms with E-state index in [4.69, 9.17) is 4.74 Å². The van der Waals surface area contributed by atoms with Gasteiger partial charge in [-0.1, -0.05) is 17.7 Å². The van der Waals surface area contributed by atoms with Gasteiger partial charge >= 0.3 is 0 Å². The van der Waals surface area contributed by atoms with Crippen LogP contribution in [0.2, 0.25) is 0 Å². The Bertz CT molecular complexity index is 652. The summed E-state index contributed by atoms with van der Waals surface area (Å²) in [4.78, 5) is 12.7. The lowest BCUT2D eigenvalue weighted by Gasteiger charge is -2.12. The molecule has 0 saturated carbocycles. The highest BCUT2D eigenvalue weighted by molar-refractivity contribution is 6.12. The molecule has 0 unspecified atom stereocenters. The normalized spacial score (nSPS) is 10.4. The zero-order valence-corrected chi connectivity index (χ0v) is 12.1. The van der Waals surface area contributed by atoms with Crippen molar-refractivity contribution < 1.29 is 13.9 Å². The van der Waals surface area contributed by atoms with Crippen molar-refractivity contribution in [2.24, 2.45) is 0 Å². The molecule has 0 amide bonds. The molecule has 0 bridgehead atoms. The van der Waals surface area contributed by atoms with Gasteiger partial charge in [-0.25, -0.2) is 4.39 Å². The molecule has 0 heterocycles. The SMILES string of the molecule is COc1ccc(F)cc1C(=O)c1c(C)cc(C)cc1C. The first-order valence-electron chi connectivity index (χ1n) is 6.40. The first kappa shape index (κ1) is 14.3. The molecule has 0 spiro atoms. The van der Waals surface area contributed by atoms with Crippen LogP contribution in [0.3, 0.4) is 0 Å². The van der Waals surface area contributed by atoms with Gasteiger partial charge in [-0.05, 0) is 50.1 Å². The van der Waals surface area contributed by atoms with Gasteiger partial charge in [0.25, 0.3) is 0 Å². The Morgan fingerprint density at radius 2 is 1.65 bits per heavy atom. The minimum absolute atomic E-state index is 0.212. The third kappa shape index (κ3) is 2.57. The number of ether oxygens (including phenoxy) is 1. The van der Waals surface area contributed by atoms with Crippen molar-refractivity contribution in [2.75, 3.05) is 7.11 Å². The van der Waals surface area contributed by atoms with E-state index in [0.29, 0.717) is 11.3 Å². The number of ketones is 1. The zero-order valence-electron chi connectivity index (χ0n) is 12.1.